The van der Waals surface area contributed by atoms with Gasteiger partial charge in [0.25, 0.3) is 0 Å². The molecular weight excluding hydrogens is 413 g/mol. The van der Waals surface area contributed by atoms with Crippen LogP contribution in [0.5, 0.6) is 0 Å². The first kappa shape index (κ1) is 18.6. The fraction of sp³-hybridized carbons (Fsp3) is 0.111. The number of fused-ring (bicyclic) bond motifs is 1. The van der Waals surface area contributed by atoms with Gasteiger partial charge in [0.1, 0.15) is 5.69 Å². The van der Waals surface area contributed by atoms with Gasteiger partial charge in [0, 0.05) is 17.2 Å². The van der Waals surface area contributed by atoms with Crippen molar-refractivity contribution in [1.82, 2.24) is 19.5 Å². The molecule has 0 fully saturated rings. The van der Waals surface area contributed by atoms with Gasteiger partial charge in [-0.2, -0.15) is 18.2 Å². The summed E-state index contributed by atoms with van der Waals surface area (Å²) in [5.74, 6) is 0. The Bertz CT molecular complexity index is 1220. The molecule has 0 unspecified atom stereocenters. The first-order valence-electron chi connectivity index (χ1n) is 7.96. The Morgan fingerprint density at radius 2 is 1.89 bits per heavy atom. The van der Waals surface area contributed by atoms with Gasteiger partial charge in [-0.3, -0.25) is 0 Å². The third-order valence-electron chi connectivity index (χ3n) is 4.04. The molecule has 0 saturated heterocycles. The highest BCUT2D eigenvalue weighted by Gasteiger charge is 2.33. The second kappa shape index (κ2) is 6.99. The number of rotatable bonds is 3. The van der Waals surface area contributed by atoms with Crippen molar-refractivity contribution in [3.05, 3.63) is 79.9 Å². The van der Waals surface area contributed by atoms with Crippen LogP contribution in [0, 0.1) is 0 Å². The maximum Gasteiger partial charge on any atom is 0.433 e. The summed E-state index contributed by atoms with van der Waals surface area (Å²) in [5.41, 5.74) is 0.766. The van der Waals surface area contributed by atoms with E-state index < -0.39 is 17.6 Å². The highest BCUT2D eigenvalue weighted by Crippen LogP contribution is 2.30. The molecule has 1 aromatic carbocycles. The lowest BCUT2D eigenvalue weighted by Crippen LogP contribution is -2.25. The summed E-state index contributed by atoms with van der Waals surface area (Å²) >= 11 is 7.54. The van der Waals surface area contributed by atoms with Gasteiger partial charge in [-0.25, -0.2) is 19.3 Å². The van der Waals surface area contributed by atoms with Crippen molar-refractivity contribution in [3.8, 4) is 5.69 Å². The van der Waals surface area contributed by atoms with Crippen LogP contribution in [0.2, 0.25) is 5.02 Å². The van der Waals surface area contributed by atoms with Crippen molar-refractivity contribution < 1.29 is 13.2 Å². The van der Waals surface area contributed by atoms with Gasteiger partial charge in [-0.05, 0) is 24.3 Å². The smallest absolute Gasteiger partial charge is 0.249 e. The largest absolute Gasteiger partial charge is 0.433 e. The van der Waals surface area contributed by atoms with E-state index >= 15 is 0 Å². The van der Waals surface area contributed by atoms with Crippen LogP contribution in [-0.2, 0) is 12.6 Å². The molecule has 10 heteroatoms. The quantitative estimate of drug-likeness (QED) is 0.487. The van der Waals surface area contributed by atoms with Crippen LogP contribution < -0.4 is 5.69 Å². The highest BCUT2D eigenvalue weighted by molar-refractivity contribution is 7.07. The standard InChI is InChI=1S/C18H10ClF3N4OS/c19-12-3-1-2-4-14(12)26-16-11(5-6-15(25-16)18(20,21)22)13(24-17(26)27)7-10-8-28-9-23-10/h1-6,8-9H,7H2. The number of aromatic nitrogens is 4. The lowest BCUT2D eigenvalue weighted by Gasteiger charge is -2.14. The molecule has 4 rings (SSSR count). The number of nitrogens with zero attached hydrogens (tertiary/aromatic N) is 4. The van der Waals surface area contributed by atoms with Crippen molar-refractivity contribution in [1.29, 1.82) is 0 Å². The summed E-state index contributed by atoms with van der Waals surface area (Å²) in [5, 5.41) is 2.30. The van der Waals surface area contributed by atoms with Crippen LogP contribution in [0.1, 0.15) is 17.1 Å². The van der Waals surface area contributed by atoms with Gasteiger partial charge in [0.15, 0.2) is 5.65 Å². The Kier molecular flexibility index (Phi) is 4.64. The SMILES string of the molecule is O=c1nc(Cc2cscn2)c2ccc(C(F)(F)F)nc2n1-c1ccccc1Cl. The predicted molar refractivity (Wildman–Crippen MR) is 100 cm³/mol. The highest BCUT2D eigenvalue weighted by atomic mass is 35.5. The number of thiazole rings is 1. The second-order valence-electron chi connectivity index (χ2n) is 5.85. The molecule has 5 nitrogen and oxygen atoms in total. The van der Waals surface area contributed by atoms with Crippen molar-refractivity contribution >= 4 is 34.0 Å². The number of para-hydroxylation sites is 1. The second-order valence-corrected chi connectivity index (χ2v) is 6.98. The lowest BCUT2D eigenvalue weighted by molar-refractivity contribution is -0.141. The third-order valence-corrected chi connectivity index (χ3v) is 4.99. The molecule has 3 heterocycles. The molecule has 0 radical (unpaired) electrons. The van der Waals surface area contributed by atoms with E-state index in [1.54, 1.807) is 23.0 Å². The number of benzene rings is 1. The number of halogens is 4. The van der Waals surface area contributed by atoms with Gasteiger partial charge in [0.2, 0.25) is 0 Å². The minimum absolute atomic E-state index is 0.159. The summed E-state index contributed by atoms with van der Waals surface area (Å²) in [7, 11) is 0. The fourth-order valence-electron chi connectivity index (χ4n) is 2.80. The number of hydrogen-bond donors (Lipinski definition) is 0. The molecular formula is C18H10ClF3N4OS. The van der Waals surface area contributed by atoms with Crippen LogP contribution in [0.4, 0.5) is 13.2 Å². The Balaban J connectivity index is 2.04. The molecule has 0 aliphatic rings. The number of hydrogen-bond acceptors (Lipinski definition) is 5. The average molecular weight is 423 g/mol. The van der Waals surface area contributed by atoms with Crippen molar-refractivity contribution in [2.75, 3.05) is 0 Å². The third kappa shape index (κ3) is 3.38. The first-order valence-corrected chi connectivity index (χ1v) is 9.28. The van der Waals surface area contributed by atoms with E-state index in [2.05, 4.69) is 15.0 Å². The first-order chi connectivity index (χ1) is 13.3. The van der Waals surface area contributed by atoms with E-state index in [1.165, 1.54) is 29.5 Å². The van der Waals surface area contributed by atoms with E-state index in [4.69, 9.17) is 11.6 Å². The lowest BCUT2D eigenvalue weighted by atomic mass is 10.1. The van der Waals surface area contributed by atoms with Crippen LogP contribution in [0.3, 0.4) is 0 Å². The molecule has 0 spiro atoms. The minimum atomic E-state index is -4.66. The maximum absolute atomic E-state index is 13.2. The van der Waals surface area contributed by atoms with E-state index in [-0.39, 0.29) is 22.8 Å². The van der Waals surface area contributed by atoms with E-state index in [1.807, 2.05) is 0 Å². The molecule has 0 N–H and O–H groups in total. The molecule has 0 aliphatic heterocycles. The molecule has 142 valence electrons. The molecule has 0 atom stereocenters. The molecule has 0 aliphatic carbocycles. The molecule has 3 aromatic heterocycles. The molecule has 28 heavy (non-hydrogen) atoms. The van der Waals surface area contributed by atoms with Crippen LogP contribution in [-0.4, -0.2) is 19.5 Å². The van der Waals surface area contributed by atoms with Crippen molar-refractivity contribution in [2.45, 2.75) is 12.6 Å². The predicted octanol–water partition coefficient (Wildman–Crippen LogP) is 4.50. The topological polar surface area (TPSA) is 60.7 Å². The van der Waals surface area contributed by atoms with Crippen molar-refractivity contribution in [2.24, 2.45) is 0 Å². The summed E-state index contributed by atoms with van der Waals surface area (Å²) in [6, 6.07) is 8.47. The normalized spacial score (nSPS) is 11.9. The Hall–Kier alpha value is -2.78. The van der Waals surface area contributed by atoms with Gasteiger partial charge in [0.05, 0.1) is 27.6 Å². The summed E-state index contributed by atoms with van der Waals surface area (Å²) < 4.78 is 40.7. The summed E-state index contributed by atoms with van der Waals surface area (Å²) in [6.07, 6.45) is -4.46. The maximum atomic E-state index is 13.2. The zero-order valence-corrected chi connectivity index (χ0v) is 15.5. The van der Waals surface area contributed by atoms with E-state index in [0.29, 0.717) is 16.8 Å². The zero-order chi connectivity index (χ0) is 19.9. The van der Waals surface area contributed by atoms with Crippen molar-refractivity contribution in [3.63, 3.8) is 0 Å². The molecule has 4 aromatic rings. The number of alkyl halides is 3. The fourth-order valence-corrected chi connectivity index (χ4v) is 3.58. The van der Waals surface area contributed by atoms with Gasteiger partial charge in [-0.1, -0.05) is 23.7 Å². The Morgan fingerprint density at radius 3 is 2.57 bits per heavy atom. The van der Waals surface area contributed by atoms with Gasteiger partial charge < -0.3 is 0 Å². The monoisotopic (exact) mass is 422 g/mol. The van der Waals surface area contributed by atoms with Gasteiger partial charge in [-0.15, -0.1) is 11.3 Å². The average Bonchev–Trinajstić information content (AvgIpc) is 3.15. The van der Waals surface area contributed by atoms with Gasteiger partial charge >= 0.3 is 11.9 Å². The molecule has 0 bridgehead atoms. The zero-order valence-electron chi connectivity index (χ0n) is 13.9. The molecule has 0 saturated carbocycles. The minimum Gasteiger partial charge on any atom is -0.249 e. The van der Waals surface area contributed by atoms with Crippen LogP contribution in [0.15, 0.2) is 52.1 Å². The summed E-state index contributed by atoms with van der Waals surface area (Å²) in [6.45, 7) is 0. The molecule has 0 amide bonds. The van der Waals surface area contributed by atoms with E-state index in [9.17, 15) is 18.0 Å². The van der Waals surface area contributed by atoms with Crippen LogP contribution in [0.25, 0.3) is 16.7 Å². The Morgan fingerprint density at radius 1 is 1.11 bits per heavy atom. The van der Waals surface area contributed by atoms with E-state index in [0.717, 1.165) is 10.6 Å². The Labute approximate surface area is 165 Å². The summed E-state index contributed by atoms with van der Waals surface area (Å²) in [4.78, 5) is 24.7. The van der Waals surface area contributed by atoms with Crippen LogP contribution >= 0.6 is 22.9 Å². The number of pyridine rings is 1.